The molecule has 1 aliphatic rings. The average Bonchev–Trinajstić information content (AvgIpc) is 2.96. The first-order valence-electron chi connectivity index (χ1n) is 8.31. The highest BCUT2D eigenvalue weighted by molar-refractivity contribution is 5.83. The van der Waals surface area contributed by atoms with E-state index in [1.165, 1.54) is 10.9 Å². The third-order valence-corrected chi connectivity index (χ3v) is 4.96. The molecule has 3 N–H and O–H groups in total. The predicted molar refractivity (Wildman–Crippen MR) is 91.2 cm³/mol. The Morgan fingerprint density at radius 1 is 1.43 bits per heavy atom. The van der Waals surface area contributed by atoms with E-state index in [9.17, 15) is 9.90 Å². The van der Waals surface area contributed by atoms with Crippen molar-refractivity contribution >= 4 is 16.8 Å². The Morgan fingerprint density at radius 2 is 2.22 bits per heavy atom. The number of rotatable bonds is 5. The predicted octanol–water partition coefficient (Wildman–Crippen LogP) is 1.53. The third kappa shape index (κ3) is 3.12. The number of amides is 1. The fraction of sp³-hybridized carbons (Fsp3) is 0.500. The van der Waals surface area contributed by atoms with Crippen molar-refractivity contribution < 1.29 is 9.90 Å². The van der Waals surface area contributed by atoms with Gasteiger partial charge in [-0.1, -0.05) is 18.2 Å². The molecule has 1 aromatic carbocycles. The summed E-state index contributed by atoms with van der Waals surface area (Å²) in [5, 5.41) is 14.4. The van der Waals surface area contributed by atoms with E-state index in [0.717, 1.165) is 24.9 Å². The zero-order chi connectivity index (χ0) is 16.4. The fourth-order valence-electron chi connectivity index (χ4n) is 3.65. The molecule has 1 aromatic heterocycles. The first-order valence-corrected chi connectivity index (χ1v) is 8.31. The number of piperidine rings is 1. The summed E-state index contributed by atoms with van der Waals surface area (Å²) in [7, 11) is 1.86. The van der Waals surface area contributed by atoms with E-state index in [0.29, 0.717) is 6.54 Å². The zero-order valence-corrected chi connectivity index (χ0v) is 13.7. The van der Waals surface area contributed by atoms with Crippen molar-refractivity contribution in [3.63, 3.8) is 0 Å². The van der Waals surface area contributed by atoms with Crippen molar-refractivity contribution in [2.45, 2.75) is 31.9 Å². The van der Waals surface area contributed by atoms with Crippen LogP contribution in [0.25, 0.3) is 10.9 Å². The quantitative estimate of drug-likeness (QED) is 0.784. The first kappa shape index (κ1) is 16.0. The number of nitrogens with one attached hydrogen (secondary N) is 2. The zero-order valence-electron chi connectivity index (χ0n) is 13.7. The van der Waals surface area contributed by atoms with Crippen LogP contribution in [0.3, 0.4) is 0 Å². The Kier molecular flexibility index (Phi) is 4.68. The van der Waals surface area contributed by atoms with Crippen molar-refractivity contribution in [1.29, 1.82) is 0 Å². The summed E-state index contributed by atoms with van der Waals surface area (Å²) < 4.78 is 0. The van der Waals surface area contributed by atoms with E-state index in [4.69, 9.17) is 0 Å². The van der Waals surface area contributed by atoms with Crippen LogP contribution in [0.15, 0.2) is 30.5 Å². The largest absolute Gasteiger partial charge is 0.393 e. The molecule has 3 rings (SSSR count). The summed E-state index contributed by atoms with van der Waals surface area (Å²) in [6, 6.07) is 8.28. The molecule has 1 saturated heterocycles. The number of para-hydroxylation sites is 1. The van der Waals surface area contributed by atoms with Crippen LogP contribution >= 0.6 is 0 Å². The second kappa shape index (κ2) is 6.72. The second-order valence-corrected chi connectivity index (χ2v) is 6.39. The van der Waals surface area contributed by atoms with Crippen molar-refractivity contribution in [3.05, 3.63) is 36.0 Å². The molecule has 0 saturated carbocycles. The van der Waals surface area contributed by atoms with E-state index < -0.39 is 6.10 Å². The van der Waals surface area contributed by atoms with Crippen LogP contribution in [-0.4, -0.2) is 53.2 Å². The molecule has 0 aliphatic carbocycles. The third-order valence-electron chi connectivity index (χ3n) is 4.96. The number of hydrogen-bond acceptors (Lipinski definition) is 3. The monoisotopic (exact) mass is 315 g/mol. The van der Waals surface area contributed by atoms with Crippen LogP contribution in [0, 0.1) is 5.92 Å². The van der Waals surface area contributed by atoms with Gasteiger partial charge in [-0.05, 0) is 38.4 Å². The molecule has 5 nitrogen and oxygen atoms in total. The maximum Gasteiger partial charge on any atom is 0.229 e. The number of likely N-dealkylation sites (tertiary alicyclic amines) is 1. The molecule has 3 atom stereocenters. The van der Waals surface area contributed by atoms with Gasteiger partial charge in [0.25, 0.3) is 0 Å². The van der Waals surface area contributed by atoms with Crippen LogP contribution in [0.4, 0.5) is 0 Å². The van der Waals surface area contributed by atoms with Gasteiger partial charge in [0, 0.05) is 36.2 Å². The summed E-state index contributed by atoms with van der Waals surface area (Å²) in [5.41, 5.74) is 2.36. The lowest BCUT2D eigenvalue weighted by Gasteiger charge is -2.39. The van der Waals surface area contributed by atoms with Crippen LogP contribution in [-0.2, 0) is 11.2 Å². The molecule has 0 bridgehead atoms. The number of aliphatic hydroxyl groups is 1. The number of carbonyl (C=O) groups excluding carboxylic acids is 1. The van der Waals surface area contributed by atoms with Gasteiger partial charge in [0.1, 0.15) is 0 Å². The smallest absolute Gasteiger partial charge is 0.229 e. The van der Waals surface area contributed by atoms with Gasteiger partial charge in [-0.2, -0.15) is 0 Å². The highest BCUT2D eigenvalue weighted by Gasteiger charge is 2.38. The molecule has 1 fully saturated rings. The van der Waals surface area contributed by atoms with Gasteiger partial charge in [-0.25, -0.2) is 0 Å². The van der Waals surface area contributed by atoms with Gasteiger partial charge in [-0.15, -0.1) is 0 Å². The van der Waals surface area contributed by atoms with Gasteiger partial charge in [-0.3, -0.25) is 4.79 Å². The summed E-state index contributed by atoms with van der Waals surface area (Å²) >= 11 is 0. The number of aromatic nitrogens is 1. The number of carbonyl (C=O) groups is 1. The van der Waals surface area contributed by atoms with Gasteiger partial charge >= 0.3 is 0 Å². The Morgan fingerprint density at radius 3 is 2.96 bits per heavy atom. The Hall–Kier alpha value is -1.85. The van der Waals surface area contributed by atoms with Crippen LogP contribution in [0.2, 0.25) is 0 Å². The lowest BCUT2D eigenvalue weighted by molar-refractivity contribution is -0.144. The number of benzene rings is 1. The Balaban J connectivity index is 1.69. The standard InChI is InChI=1S/C18H25N3O2/c1-12(22)17-16(19-2)8-10-21(18(17)23)9-7-13-11-20-15-6-4-3-5-14(13)15/h3-6,11-12,16-17,19-20,22H,7-10H2,1-2H3/t12?,16-,17?/m0/s1. The van der Waals surface area contributed by atoms with Crippen molar-refractivity contribution in [3.8, 4) is 0 Å². The Labute approximate surface area is 136 Å². The van der Waals surface area contributed by atoms with Crippen LogP contribution in [0.5, 0.6) is 0 Å². The normalized spacial score (nSPS) is 23.4. The molecule has 2 unspecified atom stereocenters. The number of aromatic amines is 1. The van der Waals surface area contributed by atoms with Crippen molar-refractivity contribution in [2.75, 3.05) is 20.1 Å². The van der Waals surface area contributed by atoms with E-state index in [-0.39, 0.29) is 17.9 Å². The lowest BCUT2D eigenvalue weighted by atomic mass is 9.87. The SMILES string of the molecule is CN[C@H]1CCN(CCc2c[nH]c3ccccc23)C(=O)C1C(C)O. The minimum atomic E-state index is -0.629. The van der Waals surface area contributed by atoms with Crippen LogP contribution in [0.1, 0.15) is 18.9 Å². The van der Waals surface area contributed by atoms with E-state index in [2.05, 4.69) is 22.4 Å². The molecular formula is C18H25N3O2. The Bertz CT molecular complexity index is 680. The highest BCUT2D eigenvalue weighted by Crippen LogP contribution is 2.23. The average molecular weight is 315 g/mol. The number of aliphatic hydroxyl groups excluding tert-OH is 1. The van der Waals surface area contributed by atoms with Crippen LogP contribution < -0.4 is 5.32 Å². The summed E-state index contributed by atoms with van der Waals surface area (Å²) in [5.74, 6) is -0.290. The fourth-order valence-corrected chi connectivity index (χ4v) is 3.65. The molecule has 1 aliphatic heterocycles. The van der Waals surface area contributed by atoms with Crippen molar-refractivity contribution in [2.24, 2.45) is 5.92 Å². The first-order chi connectivity index (χ1) is 11.1. The van der Waals surface area contributed by atoms with E-state index in [1.54, 1.807) is 6.92 Å². The minimum Gasteiger partial charge on any atom is -0.393 e. The number of H-pyrrole nitrogens is 1. The second-order valence-electron chi connectivity index (χ2n) is 6.39. The maximum atomic E-state index is 12.7. The molecule has 0 spiro atoms. The van der Waals surface area contributed by atoms with Gasteiger partial charge < -0.3 is 20.3 Å². The summed E-state index contributed by atoms with van der Waals surface area (Å²) in [4.78, 5) is 17.9. The maximum absolute atomic E-state index is 12.7. The molecule has 2 aromatic rings. The molecule has 124 valence electrons. The summed E-state index contributed by atoms with van der Waals surface area (Å²) in [6.45, 7) is 3.15. The molecule has 23 heavy (non-hydrogen) atoms. The number of hydrogen-bond donors (Lipinski definition) is 3. The molecule has 1 amide bonds. The summed E-state index contributed by atoms with van der Waals surface area (Å²) in [6.07, 6.45) is 3.11. The topological polar surface area (TPSA) is 68.4 Å². The number of nitrogens with zero attached hydrogens (tertiary/aromatic N) is 1. The van der Waals surface area contributed by atoms with E-state index in [1.807, 2.05) is 30.3 Å². The van der Waals surface area contributed by atoms with Gasteiger partial charge in [0.05, 0.1) is 12.0 Å². The van der Waals surface area contributed by atoms with Gasteiger partial charge in [0.2, 0.25) is 5.91 Å². The number of fused-ring (bicyclic) bond motifs is 1. The minimum absolute atomic E-state index is 0.0606. The van der Waals surface area contributed by atoms with E-state index >= 15 is 0 Å². The molecule has 5 heteroatoms. The van der Waals surface area contributed by atoms with Gasteiger partial charge in [0.15, 0.2) is 0 Å². The molecular weight excluding hydrogens is 290 g/mol. The van der Waals surface area contributed by atoms with Crippen molar-refractivity contribution in [1.82, 2.24) is 15.2 Å². The molecule has 0 radical (unpaired) electrons. The highest BCUT2D eigenvalue weighted by atomic mass is 16.3. The lowest BCUT2D eigenvalue weighted by Crippen LogP contribution is -2.55. The molecule has 2 heterocycles.